The number of hydrogen-bond donors (Lipinski definition) is 0. The lowest BCUT2D eigenvalue weighted by molar-refractivity contribution is 1.12. The highest BCUT2D eigenvalue weighted by molar-refractivity contribution is 9.10. The Labute approximate surface area is 131 Å². The van der Waals surface area contributed by atoms with Gasteiger partial charge in [-0.3, -0.25) is 0 Å². The van der Waals surface area contributed by atoms with Gasteiger partial charge in [-0.1, -0.05) is 58.7 Å². The molecule has 4 heteroatoms. The van der Waals surface area contributed by atoms with Crippen LogP contribution in [0.1, 0.15) is 12.5 Å². The van der Waals surface area contributed by atoms with Crippen molar-refractivity contribution in [3.05, 3.63) is 57.7 Å². The summed E-state index contributed by atoms with van der Waals surface area (Å²) in [7, 11) is 0. The minimum atomic E-state index is 0.489. The topological polar surface area (TPSA) is 25.8 Å². The number of fused-ring (bicyclic) bond motifs is 1. The van der Waals surface area contributed by atoms with Crippen LogP contribution in [0.25, 0.3) is 22.3 Å². The van der Waals surface area contributed by atoms with Gasteiger partial charge in [0, 0.05) is 15.4 Å². The highest BCUT2D eigenvalue weighted by Gasteiger charge is 2.10. The second kappa shape index (κ2) is 5.51. The quantitative estimate of drug-likeness (QED) is 0.590. The molecule has 0 atom stereocenters. The lowest BCUT2D eigenvalue weighted by Crippen LogP contribution is -1.95. The summed E-state index contributed by atoms with van der Waals surface area (Å²) < 4.78 is 0.981. The number of rotatable bonds is 2. The molecule has 2 aromatic carbocycles. The van der Waals surface area contributed by atoms with Gasteiger partial charge in [0.2, 0.25) is 0 Å². The molecule has 0 saturated carbocycles. The van der Waals surface area contributed by atoms with Crippen LogP contribution < -0.4 is 0 Å². The van der Waals surface area contributed by atoms with Gasteiger partial charge in [-0.05, 0) is 30.2 Å². The summed E-state index contributed by atoms with van der Waals surface area (Å²) >= 11 is 9.76. The van der Waals surface area contributed by atoms with E-state index in [1.54, 1.807) is 0 Å². The Morgan fingerprint density at radius 3 is 2.70 bits per heavy atom. The average molecular weight is 348 g/mol. The van der Waals surface area contributed by atoms with E-state index < -0.39 is 0 Å². The average Bonchev–Trinajstić information content (AvgIpc) is 2.46. The zero-order valence-electron chi connectivity index (χ0n) is 10.9. The van der Waals surface area contributed by atoms with Gasteiger partial charge in [0.15, 0.2) is 5.82 Å². The molecule has 0 N–H and O–H groups in total. The number of nitrogens with zero attached hydrogens (tertiary/aromatic N) is 2. The van der Waals surface area contributed by atoms with Crippen molar-refractivity contribution in [2.24, 2.45) is 0 Å². The van der Waals surface area contributed by atoms with Gasteiger partial charge >= 0.3 is 0 Å². The van der Waals surface area contributed by atoms with E-state index in [4.69, 9.17) is 11.6 Å². The molecule has 20 heavy (non-hydrogen) atoms. The summed E-state index contributed by atoms with van der Waals surface area (Å²) in [6, 6.07) is 14.0. The van der Waals surface area contributed by atoms with Crippen LogP contribution in [-0.2, 0) is 6.42 Å². The summed E-state index contributed by atoms with van der Waals surface area (Å²) in [5.74, 6) is 0.679. The van der Waals surface area contributed by atoms with Crippen molar-refractivity contribution in [1.29, 1.82) is 0 Å². The van der Waals surface area contributed by atoms with Crippen LogP contribution in [0.2, 0.25) is 5.15 Å². The van der Waals surface area contributed by atoms with Gasteiger partial charge in [-0.15, -0.1) is 0 Å². The van der Waals surface area contributed by atoms with Gasteiger partial charge in [-0.25, -0.2) is 9.97 Å². The molecule has 0 aliphatic heterocycles. The van der Waals surface area contributed by atoms with Crippen LogP contribution >= 0.6 is 27.5 Å². The van der Waals surface area contributed by atoms with Crippen molar-refractivity contribution in [1.82, 2.24) is 9.97 Å². The predicted molar refractivity (Wildman–Crippen MR) is 87.1 cm³/mol. The first-order valence-corrected chi connectivity index (χ1v) is 7.57. The van der Waals surface area contributed by atoms with Crippen LogP contribution in [0.15, 0.2) is 46.9 Å². The maximum atomic E-state index is 6.29. The lowest BCUT2D eigenvalue weighted by Gasteiger charge is -2.08. The SMILES string of the molecule is CCc1ccccc1-c1nc(Cl)c2ccc(Br)cc2n1. The molecular weight excluding hydrogens is 336 g/mol. The number of halogens is 2. The maximum Gasteiger partial charge on any atom is 0.161 e. The molecule has 0 aliphatic carbocycles. The minimum absolute atomic E-state index is 0.489. The fraction of sp³-hybridized carbons (Fsp3) is 0.125. The molecule has 0 fully saturated rings. The summed E-state index contributed by atoms with van der Waals surface area (Å²) in [5.41, 5.74) is 3.11. The Bertz CT molecular complexity index is 787. The third-order valence-electron chi connectivity index (χ3n) is 3.25. The fourth-order valence-corrected chi connectivity index (χ4v) is 2.82. The Kier molecular flexibility index (Phi) is 3.72. The van der Waals surface area contributed by atoms with E-state index in [0.717, 1.165) is 27.4 Å². The van der Waals surface area contributed by atoms with Crippen LogP contribution in [0.4, 0.5) is 0 Å². The Balaban J connectivity index is 2.26. The third-order valence-corrected chi connectivity index (χ3v) is 4.03. The van der Waals surface area contributed by atoms with Crippen molar-refractivity contribution < 1.29 is 0 Å². The number of hydrogen-bond acceptors (Lipinski definition) is 2. The Hall–Kier alpha value is -1.45. The van der Waals surface area contributed by atoms with Crippen molar-refractivity contribution >= 4 is 38.4 Å². The minimum Gasteiger partial charge on any atom is -0.228 e. The highest BCUT2D eigenvalue weighted by Crippen LogP contribution is 2.28. The summed E-state index contributed by atoms with van der Waals surface area (Å²) in [6.45, 7) is 2.12. The van der Waals surface area contributed by atoms with Crippen molar-refractivity contribution in [2.75, 3.05) is 0 Å². The van der Waals surface area contributed by atoms with Crippen LogP contribution in [0.3, 0.4) is 0 Å². The molecule has 0 spiro atoms. The van der Waals surface area contributed by atoms with Gasteiger partial charge in [0.1, 0.15) is 5.15 Å². The first kappa shape index (κ1) is 13.5. The van der Waals surface area contributed by atoms with E-state index in [-0.39, 0.29) is 0 Å². The standard InChI is InChI=1S/C16H12BrClN2/c1-2-10-5-3-4-6-12(10)16-19-14-9-11(17)7-8-13(14)15(18)20-16/h3-9H,2H2,1H3. The molecule has 0 amide bonds. The zero-order valence-corrected chi connectivity index (χ0v) is 13.2. The number of benzene rings is 2. The van der Waals surface area contributed by atoms with Gasteiger partial charge in [-0.2, -0.15) is 0 Å². The summed E-state index contributed by atoms with van der Waals surface area (Å²) in [4.78, 5) is 9.10. The van der Waals surface area contributed by atoms with Gasteiger partial charge < -0.3 is 0 Å². The second-order valence-corrected chi connectivity index (χ2v) is 5.78. The molecule has 2 nitrogen and oxygen atoms in total. The Morgan fingerprint density at radius 2 is 1.90 bits per heavy atom. The van der Waals surface area contributed by atoms with E-state index in [9.17, 15) is 0 Å². The Morgan fingerprint density at radius 1 is 1.10 bits per heavy atom. The van der Waals surface area contributed by atoms with E-state index in [1.807, 2.05) is 36.4 Å². The van der Waals surface area contributed by atoms with Crippen LogP contribution in [0.5, 0.6) is 0 Å². The molecule has 3 aromatic rings. The van der Waals surface area contributed by atoms with Gasteiger partial charge in [0.25, 0.3) is 0 Å². The van der Waals surface area contributed by atoms with Crippen molar-refractivity contribution in [3.8, 4) is 11.4 Å². The molecule has 1 heterocycles. The van der Waals surface area contributed by atoms with E-state index >= 15 is 0 Å². The first-order chi connectivity index (χ1) is 9.69. The molecule has 0 unspecified atom stereocenters. The van der Waals surface area contributed by atoms with Crippen LogP contribution in [0, 0.1) is 0 Å². The molecular formula is C16H12BrClN2. The summed E-state index contributed by atoms with van der Waals surface area (Å²) in [5, 5.41) is 1.36. The third kappa shape index (κ3) is 2.43. The predicted octanol–water partition coefficient (Wildman–Crippen LogP) is 5.28. The number of aryl methyl sites for hydroxylation is 1. The number of aromatic nitrogens is 2. The van der Waals surface area contributed by atoms with Crippen LogP contribution in [-0.4, -0.2) is 9.97 Å². The first-order valence-electron chi connectivity index (χ1n) is 6.40. The molecule has 100 valence electrons. The van der Waals surface area contributed by atoms with Crippen molar-refractivity contribution in [3.63, 3.8) is 0 Å². The molecule has 0 aliphatic rings. The highest BCUT2D eigenvalue weighted by atomic mass is 79.9. The maximum absolute atomic E-state index is 6.29. The lowest BCUT2D eigenvalue weighted by atomic mass is 10.0. The van der Waals surface area contributed by atoms with Crippen molar-refractivity contribution in [2.45, 2.75) is 13.3 Å². The van der Waals surface area contributed by atoms with E-state index in [1.165, 1.54) is 5.56 Å². The molecule has 0 saturated heterocycles. The van der Waals surface area contributed by atoms with Gasteiger partial charge in [0.05, 0.1) is 5.52 Å². The molecule has 0 bridgehead atoms. The summed E-state index contributed by atoms with van der Waals surface area (Å²) in [6.07, 6.45) is 0.938. The fourth-order valence-electron chi connectivity index (χ4n) is 2.23. The molecule has 0 radical (unpaired) electrons. The zero-order chi connectivity index (χ0) is 14.1. The largest absolute Gasteiger partial charge is 0.228 e. The monoisotopic (exact) mass is 346 g/mol. The second-order valence-electron chi connectivity index (χ2n) is 4.51. The normalized spacial score (nSPS) is 10.9. The molecule has 1 aromatic heterocycles. The molecule has 3 rings (SSSR count). The smallest absolute Gasteiger partial charge is 0.161 e. The van der Waals surface area contributed by atoms with E-state index in [2.05, 4.69) is 38.9 Å². The van der Waals surface area contributed by atoms with E-state index in [0.29, 0.717) is 11.0 Å².